The minimum absolute atomic E-state index is 0.759. The van der Waals surface area contributed by atoms with Gasteiger partial charge in [0.2, 0.25) is 0 Å². The van der Waals surface area contributed by atoms with Crippen LogP contribution in [0, 0.1) is 0 Å². The third kappa shape index (κ3) is 3.32. The molecule has 0 atom stereocenters. The van der Waals surface area contributed by atoms with Crippen molar-refractivity contribution in [3.8, 4) is 0 Å². The summed E-state index contributed by atoms with van der Waals surface area (Å²) >= 11 is 4.79. The van der Waals surface area contributed by atoms with E-state index in [-0.39, 0.29) is 0 Å². The molecule has 0 aliphatic heterocycles. The van der Waals surface area contributed by atoms with Gasteiger partial charge in [-0.05, 0) is 60.5 Å². The van der Waals surface area contributed by atoms with Crippen LogP contribution < -0.4 is 0 Å². The van der Waals surface area contributed by atoms with Gasteiger partial charge in [0.25, 0.3) is 0 Å². The third-order valence-corrected chi connectivity index (χ3v) is 4.38. The maximum absolute atomic E-state index is 4.79. The molecule has 1 saturated carbocycles. The summed E-state index contributed by atoms with van der Waals surface area (Å²) in [5.74, 6) is 0.759. The van der Waals surface area contributed by atoms with E-state index >= 15 is 0 Å². The van der Waals surface area contributed by atoms with E-state index in [1.807, 2.05) is 0 Å². The molecule has 0 radical (unpaired) electrons. The van der Waals surface area contributed by atoms with Crippen LogP contribution in [0.15, 0.2) is 17.1 Å². The first-order valence-electron chi connectivity index (χ1n) is 7.53. The number of hydrogen-bond donors (Lipinski definition) is 0. The number of hydrogen-bond acceptors (Lipinski definition) is 2. The van der Waals surface area contributed by atoms with Crippen LogP contribution in [0.1, 0.15) is 68.6 Å². The zero-order valence-corrected chi connectivity index (χ0v) is 12.9. The molecule has 0 saturated heterocycles. The van der Waals surface area contributed by atoms with Crippen LogP contribution in [0.4, 0.5) is 5.69 Å². The fraction of sp³-hybridized carbons (Fsp3) is 0.588. The molecule has 2 heteroatoms. The highest BCUT2D eigenvalue weighted by Gasteiger charge is 2.18. The second-order valence-electron chi connectivity index (χ2n) is 5.43. The molecule has 0 aromatic heterocycles. The fourth-order valence-electron chi connectivity index (χ4n) is 3.19. The van der Waals surface area contributed by atoms with E-state index in [4.69, 9.17) is 12.2 Å². The number of aryl methyl sites for hydroxylation is 2. The Balaban J connectivity index is 2.42. The highest BCUT2D eigenvalue weighted by molar-refractivity contribution is 7.78. The average molecular weight is 273 g/mol. The van der Waals surface area contributed by atoms with Crippen molar-refractivity contribution in [2.75, 3.05) is 0 Å². The summed E-state index contributed by atoms with van der Waals surface area (Å²) in [4.78, 5) is 4.30. The van der Waals surface area contributed by atoms with E-state index in [0.717, 1.165) is 24.4 Å². The molecule has 0 heterocycles. The molecule has 2 rings (SSSR count). The molecule has 0 amide bonds. The number of nitrogens with zero attached hydrogens (tertiary/aromatic N) is 1. The Morgan fingerprint density at radius 2 is 1.68 bits per heavy atom. The van der Waals surface area contributed by atoms with Crippen LogP contribution in [0.5, 0.6) is 0 Å². The zero-order valence-electron chi connectivity index (χ0n) is 12.0. The summed E-state index contributed by atoms with van der Waals surface area (Å²) in [6, 6.07) is 4.72. The van der Waals surface area contributed by atoms with Crippen molar-refractivity contribution in [3.05, 3.63) is 28.8 Å². The van der Waals surface area contributed by atoms with Gasteiger partial charge in [0.1, 0.15) is 0 Å². The van der Waals surface area contributed by atoms with Gasteiger partial charge < -0.3 is 0 Å². The van der Waals surface area contributed by atoms with Gasteiger partial charge in [-0.25, -0.2) is 0 Å². The second-order valence-corrected chi connectivity index (χ2v) is 5.62. The van der Waals surface area contributed by atoms with Crippen LogP contribution in [0.2, 0.25) is 0 Å². The Hall–Kier alpha value is -0.980. The van der Waals surface area contributed by atoms with Crippen molar-refractivity contribution in [1.82, 2.24) is 0 Å². The first-order chi connectivity index (χ1) is 9.30. The number of rotatable bonds is 4. The Kier molecular flexibility index (Phi) is 5.30. The molecule has 102 valence electrons. The summed E-state index contributed by atoms with van der Waals surface area (Å²) in [5, 5.41) is 2.54. The molecule has 0 bridgehead atoms. The predicted molar refractivity (Wildman–Crippen MR) is 85.7 cm³/mol. The minimum Gasteiger partial charge on any atom is -0.194 e. The standard InChI is InChI=1S/C17H23NS/c1-3-13-10-16(15-8-6-5-7-9-15)11-14(4-2)17(13)18-12-19/h10-11,15H,3-9H2,1-2H3. The lowest BCUT2D eigenvalue weighted by molar-refractivity contribution is 0.443. The van der Waals surface area contributed by atoms with Crippen LogP contribution in [-0.2, 0) is 12.8 Å². The van der Waals surface area contributed by atoms with E-state index in [1.54, 1.807) is 0 Å². The summed E-state index contributed by atoms with van der Waals surface area (Å²) < 4.78 is 0. The van der Waals surface area contributed by atoms with Gasteiger partial charge in [-0.1, -0.05) is 45.2 Å². The van der Waals surface area contributed by atoms with Gasteiger partial charge in [0, 0.05) is 0 Å². The van der Waals surface area contributed by atoms with Gasteiger partial charge >= 0.3 is 0 Å². The molecule has 1 nitrogen and oxygen atoms in total. The average Bonchev–Trinajstić information content (AvgIpc) is 2.48. The summed E-state index contributed by atoms with van der Waals surface area (Å²) in [7, 11) is 0. The summed E-state index contributed by atoms with van der Waals surface area (Å²) in [6.07, 6.45) is 8.91. The summed E-state index contributed by atoms with van der Waals surface area (Å²) in [5.41, 5.74) is 5.26. The molecule has 1 aromatic carbocycles. The molecule has 1 aromatic rings. The van der Waals surface area contributed by atoms with Gasteiger partial charge in [-0.2, -0.15) is 4.99 Å². The van der Waals surface area contributed by atoms with Gasteiger partial charge in [-0.15, -0.1) is 0 Å². The normalized spacial score (nSPS) is 16.1. The van der Waals surface area contributed by atoms with E-state index in [9.17, 15) is 0 Å². The molecule has 0 N–H and O–H groups in total. The quantitative estimate of drug-likeness (QED) is 0.514. The van der Waals surface area contributed by atoms with Crippen molar-refractivity contribution < 1.29 is 0 Å². The molecule has 0 unspecified atom stereocenters. The topological polar surface area (TPSA) is 12.4 Å². The lowest BCUT2D eigenvalue weighted by atomic mass is 9.82. The first-order valence-corrected chi connectivity index (χ1v) is 7.94. The van der Waals surface area contributed by atoms with Crippen LogP contribution in [0.25, 0.3) is 0 Å². The molecule has 0 spiro atoms. The molecule has 1 fully saturated rings. The number of thiocarbonyl (C=S) groups is 1. The molecular weight excluding hydrogens is 250 g/mol. The van der Waals surface area contributed by atoms with E-state index in [0.29, 0.717) is 0 Å². The van der Waals surface area contributed by atoms with Crippen molar-refractivity contribution in [1.29, 1.82) is 0 Å². The number of isothiocyanates is 1. The van der Waals surface area contributed by atoms with Crippen molar-refractivity contribution in [2.24, 2.45) is 4.99 Å². The predicted octanol–water partition coefficient (Wildman–Crippen LogP) is 5.59. The maximum Gasteiger partial charge on any atom is 0.0803 e. The van der Waals surface area contributed by atoms with Crippen LogP contribution >= 0.6 is 12.2 Å². The second kappa shape index (κ2) is 6.98. The lowest BCUT2D eigenvalue weighted by Crippen LogP contribution is -2.06. The Morgan fingerprint density at radius 3 is 2.16 bits per heavy atom. The largest absolute Gasteiger partial charge is 0.194 e. The van der Waals surface area contributed by atoms with Gasteiger partial charge in [-0.3, -0.25) is 0 Å². The molecule has 19 heavy (non-hydrogen) atoms. The number of benzene rings is 1. The summed E-state index contributed by atoms with van der Waals surface area (Å²) in [6.45, 7) is 4.39. The molecular formula is C17H23NS. The van der Waals surface area contributed by atoms with Gasteiger partial charge in [0.15, 0.2) is 0 Å². The third-order valence-electron chi connectivity index (χ3n) is 4.29. The minimum atomic E-state index is 0.759. The Morgan fingerprint density at radius 1 is 1.11 bits per heavy atom. The molecule has 1 aliphatic rings. The maximum atomic E-state index is 4.79. The highest BCUT2D eigenvalue weighted by Crippen LogP contribution is 2.36. The number of aliphatic imine (C=N–C) groups is 1. The van der Waals surface area contributed by atoms with Gasteiger partial charge in [0.05, 0.1) is 10.8 Å². The first kappa shape index (κ1) is 14.4. The van der Waals surface area contributed by atoms with Crippen LogP contribution in [0.3, 0.4) is 0 Å². The smallest absolute Gasteiger partial charge is 0.0803 e. The van der Waals surface area contributed by atoms with E-state index < -0.39 is 0 Å². The lowest BCUT2D eigenvalue weighted by Gasteiger charge is -2.24. The Labute approximate surface area is 122 Å². The van der Waals surface area contributed by atoms with Crippen molar-refractivity contribution in [2.45, 2.75) is 64.7 Å². The monoisotopic (exact) mass is 273 g/mol. The highest BCUT2D eigenvalue weighted by atomic mass is 32.1. The van der Waals surface area contributed by atoms with Crippen molar-refractivity contribution in [3.63, 3.8) is 0 Å². The Bertz CT molecular complexity index is 455. The fourth-order valence-corrected chi connectivity index (χ4v) is 3.28. The van der Waals surface area contributed by atoms with E-state index in [2.05, 4.69) is 36.1 Å². The molecule has 1 aliphatic carbocycles. The zero-order chi connectivity index (χ0) is 13.7. The van der Waals surface area contributed by atoms with Crippen LogP contribution in [-0.4, -0.2) is 5.16 Å². The SMILES string of the molecule is CCc1cc(C2CCCCC2)cc(CC)c1N=C=S. The van der Waals surface area contributed by atoms with Crippen molar-refractivity contribution >= 4 is 23.1 Å². The van der Waals surface area contributed by atoms with E-state index in [1.165, 1.54) is 48.8 Å².